The van der Waals surface area contributed by atoms with Crippen LogP contribution in [0.5, 0.6) is 0 Å². The van der Waals surface area contributed by atoms with E-state index in [1.54, 1.807) is 22.9 Å². The molecule has 0 aliphatic heterocycles. The van der Waals surface area contributed by atoms with Crippen LogP contribution in [0, 0.1) is 6.92 Å². The molecule has 0 unspecified atom stereocenters. The molecular formula is C16H14ClN3O2. The van der Waals surface area contributed by atoms with E-state index in [0.29, 0.717) is 17.4 Å². The molecule has 0 saturated carbocycles. The maximum Gasteiger partial charge on any atom is 0.292 e. The summed E-state index contributed by atoms with van der Waals surface area (Å²) in [7, 11) is 0. The number of anilines is 1. The molecule has 1 N–H and O–H groups in total. The number of carbonyl (C=O) groups excluding carboxylic acids is 1. The van der Waals surface area contributed by atoms with E-state index >= 15 is 0 Å². The minimum Gasteiger partial charge on any atom is -0.459 e. The number of carbonyl (C=O) groups is 1. The van der Waals surface area contributed by atoms with E-state index in [2.05, 4.69) is 10.4 Å². The summed E-state index contributed by atoms with van der Waals surface area (Å²) in [6, 6.07) is 12.7. The normalized spacial score (nSPS) is 10.6. The van der Waals surface area contributed by atoms with Crippen molar-refractivity contribution in [2.75, 3.05) is 5.32 Å². The summed E-state index contributed by atoms with van der Waals surface area (Å²) >= 11 is 6.16. The Kier molecular flexibility index (Phi) is 3.98. The lowest BCUT2D eigenvalue weighted by atomic mass is 10.2. The van der Waals surface area contributed by atoms with Gasteiger partial charge in [0.1, 0.15) is 0 Å². The third-order valence-electron chi connectivity index (χ3n) is 3.25. The van der Waals surface area contributed by atoms with Crippen LogP contribution >= 0.6 is 11.6 Å². The first kappa shape index (κ1) is 14.4. The monoisotopic (exact) mass is 315 g/mol. The van der Waals surface area contributed by atoms with Crippen LogP contribution in [0.3, 0.4) is 0 Å². The van der Waals surface area contributed by atoms with Crippen LogP contribution in [0.25, 0.3) is 0 Å². The van der Waals surface area contributed by atoms with Crippen LogP contribution in [0.4, 0.5) is 5.82 Å². The highest BCUT2D eigenvalue weighted by atomic mass is 35.5. The third-order valence-corrected chi connectivity index (χ3v) is 3.61. The lowest BCUT2D eigenvalue weighted by Gasteiger charge is -2.06. The van der Waals surface area contributed by atoms with Crippen molar-refractivity contribution in [3.63, 3.8) is 0 Å². The van der Waals surface area contributed by atoms with Gasteiger partial charge in [0.05, 0.1) is 12.8 Å². The summed E-state index contributed by atoms with van der Waals surface area (Å²) in [5.74, 6) is 0.400. The first-order chi connectivity index (χ1) is 10.6. The molecule has 0 aliphatic carbocycles. The minimum atomic E-state index is -0.326. The number of halogens is 1. The van der Waals surface area contributed by atoms with Crippen LogP contribution in [0.2, 0.25) is 5.02 Å². The van der Waals surface area contributed by atoms with Crippen LogP contribution in [0.1, 0.15) is 21.8 Å². The number of aromatic nitrogens is 2. The Morgan fingerprint density at radius 3 is 2.86 bits per heavy atom. The van der Waals surface area contributed by atoms with Gasteiger partial charge < -0.3 is 9.73 Å². The minimum absolute atomic E-state index is 0.248. The van der Waals surface area contributed by atoms with Crippen molar-refractivity contribution < 1.29 is 9.21 Å². The average Bonchev–Trinajstić information content (AvgIpc) is 3.12. The van der Waals surface area contributed by atoms with Crippen LogP contribution in [-0.2, 0) is 6.54 Å². The van der Waals surface area contributed by atoms with E-state index in [0.717, 1.165) is 11.3 Å². The molecule has 3 rings (SSSR count). The molecule has 1 amide bonds. The number of rotatable bonds is 4. The molecule has 1 aromatic carbocycles. The second kappa shape index (κ2) is 6.07. The lowest BCUT2D eigenvalue weighted by Crippen LogP contribution is -2.12. The second-order valence-electron chi connectivity index (χ2n) is 4.85. The number of nitrogens with zero attached hydrogens (tertiary/aromatic N) is 2. The Hall–Kier alpha value is -2.53. The fourth-order valence-electron chi connectivity index (χ4n) is 2.10. The van der Waals surface area contributed by atoms with Crippen molar-refractivity contribution in [3.8, 4) is 0 Å². The average molecular weight is 316 g/mol. The maximum absolute atomic E-state index is 11.9. The third kappa shape index (κ3) is 3.04. The molecule has 3 aromatic rings. The van der Waals surface area contributed by atoms with Gasteiger partial charge in [-0.1, -0.05) is 29.8 Å². The van der Waals surface area contributed by atoms with E-state index in [9.17, 15) is 4.79 Å². The predicted octanol–water partition coefficient (Wildman–Crippen LogP) is 3.74. The molecule has 0 atom stereocenters. The highest BCUT2D eigenvalue weighted by Gasteiger charge is 2.12. The second-order valence-corrected chi connectivity index (χ2v) is 5.26. The van der Waals surface area contributed by atoms with Gasteiger partial charge in [-0.25, -0.2) is 0 Å². The molecular weight excluding hydrogens is 302 g/mol. The molecule has 0 saturated heterocycles. The summed E-state index contributed by atoms with van der Waals surface area (Å²) in [6.07, 6.45) is 1.45. The van der Waals surface area contributed by atoms with Gasteiger partial charge in [0.15, 0.2) is 11.6 Å². The number of hydrogen-bond donors (Lipinski definition) is 1. The molecule has 6 heteroatoms. The standard InChI is InChI=1S/C16H14ClN3O2/c1-11-9-15(18-16(21)14-7-4-8-22-14)19-20(11)10-12-5-2-3-6-13(12)17/h2-9H,10H2,1H3,(H,18,19,21). The van der Waals surface area contributed by atoms with Gasteiger partial charge in [-0.15, -0.1) is 0 Å². The summed E-state index contributed by atoms with van der Waals surface area (Å²) in [4.78, 5) is 11.9. The van der Waals surface area contributed by atoms with E-state index in [1.807, 2.05) is 31.2 Å². The van der Waals surface area contributed by atoms with Gasteiger partial charge in [0.2, 0.25) is 0 Å². The smallest absolute Gasteiger partial charge is 0.292 e. The van der Waals surface area contributed by atoms with E-state index in [4.69, 9.17) is 16.0 Å². The van der Waals surface area contributed by atoms with Crippen molar-refractivity contribution >= 4 is 23.3 Å². The SMILES string of the molecule is Cc1cc(NC(=O)c2ccco2)nn1Cc1ccccc1Cl. The molecule has 5 nitrogen and oxygen atoms in total. The topological polar surface area (TPSA) is 60.1 Å². The summed E-state index contributed by atoms with van der Waals surface area (Å²) < 4.78 is 6.84. The van der Waals surface area contributed by atoms with Crippen molar-refractivity contribution in [2.45, 2.75) is 13.5 Å². The number of aryl methyl sites for hydroxylation is 1. The Morgan fingerprint density at radius 2 is 2.14 bits per heavy atom. The van der Waals surface area contributed by atoms with E-state index in [-0.39, 0.29) is 11.7 Å². The summed E-state index contributed by atoms with van der Waals surface area (Å²) in [5.41, 5.74) is 1.90. The van der Waals surface area contributed by atoms with Crippen LogP contribution < -0.4 is 5.32 Å². The van der Waals surface area contributed by atoms with Crippen molar-refractivity contribution in [1.29, 1.82) is 0 Å². The fraction of sp³-hybridized carbons (Fsp3) is 0.125. The molecule has 0 spiro atoms. The Labute approximate surface area is 132 Å². The molecule has 0 aliphatic rings. The van der Waals surface area contributed by atoms with Gasteiger partial charge in [0.25, 0.3) is 5.91 Å². The Morgan fingerprint density at radius 1 is 1.32 bits per heavy atom. The highest BCUT2D eigenvalue weighted by Crippen LogP contribution is 2.18. The molecule has 2 aromatic heterocycles. The molecule has 22 heavy (non-hydrogen) atoms. The Balaban J connectivity index is 1.76. The largest absolute Gasteiger partial charge is 0.459 e. The molecule has 0 radical (unpaired) electrons. The number of hydrogen-bond acceptors (Lipinski definition) is 3. The van der Waals surface area contributed by atoms with Gasteiger partial charge in [0, 0.05) is 16.8 Å². The zero-order valence-corrected chi connectivity index (χ0v) is 12.7. The van der Waals surface area contributed by atoms with E-state index < -0.39 is 0 Å². The Bertz CT molecular complexity index is 794. The fourth-order valence-corrected chi connectivity index (χ4v) is 2.30. The van der Waals surface area contributed by atoms with Crippen molar-refractivity contribution in [2.24, 2.45) is 0 Å². The summed E-state index contributed by atoms with van der Waals surface area (Å²) in [6.45, 7) is 2.47. The molecule has 112 valence electrons. The quantitative estimate of drug-likeness (QED) is 0.798. The maximum atomic E-state index is 11.9. The number of amides is 1. The summed E-state index contributed by atoms with van der Waals surface area (Å²) in [5, 5.41) is 7.78. The van der Waals surface area contributed by atoms with Gasteiger partial charge in [-0.05, 0) is 30.7 Å². The first-order valence-electron chi connectivity index (χ1n) is 6.76. The van der Waals surface area contributed by atoms with E-state index in [1.165, 1.54) is 6.26 Å². The van der Waals surface area contributed by atoms with Crippen molar-refractivity contribution in [1.82, 2.24) is 9.78 Å². The zero-order chi connectivity index (χ0) is 15.5. The highest BCUT2D eigenvalue weighted by molar-refractivity contribution is 6.31. The molecule has 0 fully saturated rings. The van der Waals surface area contributed by atoms with Crippen LogP contribution in [-0.4, -0.2) is 15.7 Å². The van der Waals surface area contributed by atoms with Crippen LogP contribution in [0.15, 0.2) is 53.1 Å². The van der Waals surface area contributed by atoms with Gasteiger partial charge >= 0.3 is 0 Å². The molecule has 2 heterocycles. The van der Waals surface area contributed by atoms with Gasteiger partial charge in [-0.3, -0.25) is 9.48 Å². The predicted molar refractivity (Wildman–Crippen MR) is 84.2 cm³/mol. The van der Waals surface area contributed by atoms with Gasteiger partial charge in [-0.2, -0.15) is 5.10 Å². The van der Waals surface area contributed by atoms with Crippen molar-refractivity contribution in [3.05, 3.63) is 70.8 Å². The first-order valence-corrected chi connectivity index (χ1v) is 7.14. The zero-order valence-electron chi connectivity index (χ0n) is 11.9. The number of furan rings is 1. The lowest BCUT2D eigenvalue weighted by molar-refractivity contribution is 0.0996. The molecule has 0 bridgehead atoms. The number of benzene rings is 1. The number of nitrogens with one attached hydrogen (secondary N) is 1.